The van der Waals surface area contributed by atoms with Gasteiger partial charge in [-0.3, -0.25) is 9.69 Å². The van der Waals surface area contributed by atoms with Gasteiger partial charge in [0.1, 0.15) is 5.82 Å². The molecule has 0 unspecified atom stereocenters. The second kappa shape index (κ2) is 9.31. The third-order valence-corrected chi connectivity index (χ3v) is 4.50. The highest BCUT2D eigenvalue weighted by atomic mass is 16.5. The van der Waals surface area contributed by atoms with Crippen LogP contribution >= 0.6 is 0 Å². The molecule has 1 aliphatic rings. The number of carbonyl (C=O) groups is 1. The van der Waals surface area contributed by atoms with Crippen LogP contribution in [0.4, 0.5) is 11.5 Å². The Hall–Kier alpha value is -2.44. The van der Waals surface area contributed by atoms with Crippen molar-refractivity contribution in [2.24, 2.45) is 0 Å². The smallest absolute Gasteiger partial charge is 0.229 e. The summed E-state index contributed by atoms with van der Waals surface area (Å²) in [6.45, 7) is 7.48. The first-order valence-electron chi connectivity index (χ1n) is 9.05. The molecule has 0 spiro atoms. The number of carbonyl (C=O) groups excluding carboxylic acids is 1. The molecule has 0 aliphatic carbocycles. The number of pyridine rings is 1. The molecule has 1 aliphatic heterocycles. The monoisotopic (exact) mass is 354 g/mol. The molecule has 26 heavy (non-hydrogen) atoms. The number of nitrogens with one attached hydrogen (secondary N) is 2. The number of aryl methyl sites for hydroxylation is 1. The van der Waals surface area contributed by atoms with Crippen molar-refractivity contribution in [1.82, 2.24) is 9.88 Å². The van der Waals surface area contributed by atoms with Gasteiger partial charge >= 0.3 is 0 Å². The summed E-state index contributed by atoms with van der Waals surface area (Å²) in [6.07, 6.45) is 2.11. The maximum atomic E-state index is 12.2. The number of nitrogens with zero attached hydrogens (tertiary/aromatic N) is 2. The molecule has 2 heterocycles. The van der Waals surface area contributed by atoms with Crippen molar-refractivity contribution in [3.63, 3.8) is 0 Å². The van der Waals surface area contributed by atoms with E-state index < -0.39 is 0 Å². The van der Waals surface area contributed by atoms with Crippen LogP contribution in [0.3, 0.4) is 0 Å². The van der Waals surface area contributed by atoms with E-state index in [9.17, 15) is 4.79 Å². The predicted octanol–water partition coefficient (Wildman–Crippen LogP) is 2.32. The number of benzene rings is 1. The Morgan fingerprint density at radius 3 is 2.73 bits per heavy atom. The second-order valence-corrected chi connectivity index (χ2v) is 6.46. The molecule has 6 heteroatoms. The summed E-state index contributed by atoms with van der Waals surface area (Å²) in [5.74, 6) is 0.516. The van der Waals surface area contributed by atoms with E-state index in [2.05, 4.69) is 20.5 Å². The van der Waals surface area contributed by atoms with Crippen molar-refractivity contribution >= 4 is 17.4 Å². The van der Waals surface area contributed by atoms with Crippen molar-refractivity contribution < 1.29 is 9.53 Å². The second-order valence-electron chi connectivity index (χ2n) is 6.46. The number of morpholine rings is 1. The Morgan fingerprint density at radius 1 is 1.19 bits per heavy atom. The molecule has 0 bridgehead atoms. The summed E-state index contributed by atoms with van der Waals surface area (Å²) in [4.78, 5) is 18.9. The summed E-state index contributed by atoms with van der Waals surface area (Å²) >= 11 is 0. The molecule has 138 valence electrons. The van der Waals surface area contributed by atoms with E-state index in [1.165, 1.54) is 0 Å². The maximum Gasteiger partial charge on any atom is 0.229 e. The van der Waals surface area contributed by atoms with E-state index in [-0.39, 0.29) is 5.91 Å². The van der Waals surface area contributed by atoms with Gasteiger partial charge in [-0.1, -0.05) is 24.3 Å². The van der Waals surface area contributed by atoms with Gasteiger partial charge in [-0.25, -0.2) is 4.98 Å². The van der Waals surface area contributed by atoms with Crippen molar-refractivity contribution in [1.29, 1.82) is 0 Å². The normalized spacial score (nSPS) is 14.8. The lowest BCUT2D eigenvalue weighted by molar-refractivity contribution is -0.115. The topological polar surface area (TPSA) is 66.5 Å². The fraction of sp³-hybridized carbons (Fsp3) is 0.400. The first-order valence-corrected chi connectivity index (χ1v) is 9.05. The molecule has 1 fully saturated rings. The number of aromatic nitrogens is 1. The molecule has 0 radical (unpaired) electrons. The summed E-state index contributed by atoms with van der Waals surface area (Å²) in [5, 5.41) is 6.21. The van der Waals surface area contributed by atoms with E-state index in [1.54, 1.807) is 6.20 Å². The van der Waals surface area contributed by atoms with Gasteiger partial charge in [-0.05, 0) is 30.2 Å². The van der Waals surface area contributed by atoms with Crippen LogP contribution in [0.25, 0.3) is 0 Å². The van der Waals surface area contributed by atoms with Crippen LogP contribution in [-0.4, -0.2) is 55.2 Å². The van der Waals surface area contributed by atoms with Crippen molar-refractivity contribution in [3.8, 4) is 0 Å². The zero-order valence-electron chi connectivity index (χ0n) is 15.2. The first kappa shape index (κ1) is 18.4. The van der Waals surface area contributed by atoms with Crippen LogP contribution in [-0.2, 0) is 16.0 Å². The lowest BCUT2D eigenvalue weighted by Crippen LogP contribution is -2.39. The minimum Gasteiger partial charge on any atom is -0.383 e. The first-order chi connectivity index (χ1) is 12.7. The van der Waals surface area contributed by atoms with Crippen LogP contribution in [0.2, 0.25) is 0 Å². The van der Waals surface area contributed by atoms with Gasteiger partial charge in [0.05, 0.1) is 31.5 Å². The molecular formula is C20H26N4O2. The zero-order valence-corrected chi connectivity index (χ0v) is 15.2. The van der Waals surface area contributed by atoms with Crippen molar-refractivity contribution in [2.45, 2.75) is 13.3 Å². The largest absolute Gasteiger partial charge is 0.383 e. The number of hydrogen-bond donors (Lipinski definition) is 2. The zero-order chi connectivity index (χ0) is 18.2. The standard InChI is InChI=1S/C20H26N4O2/c1-16-4-2-3-5-17(16)14-20(25)23-19-7-6-18(15-22-19)21-8-9-24-10-12-26-13-11-24/h2-7,15,21H,8-14H2,1H3,(H,22,23,25). The average molecular weight is 354 g/mol. The summed E-state index contributed by atoms with van der Waals surface area (Å²) in [6, 6.07) is 11.7. The minimum atomic E-state index is -0.0557. The van der Waals surface area contributed by atoms with E-state index in [4.69, 9.17) is 4.74 Å². The van der Waals surface area contributed by atoms with Crippen molar-refractivity contribution in [2.75, 3.05) is 50.0 Å². The van der Waals surface area contributed by atoms with E-state index in [0.717, 1.165) is 56.2 Å². The number of rotatable bonds is 7. The van der Waals surface area contributed by atoms with Crippen LogP contribution < -0.4 is 10.6 Å². The Bertz CT molecular complexity index is 712. The summed E-state index contributed by atoms with van der Waals surface area (Å²) < 4.78 is 5.35. The highest BCUT2D eigenvalue weighted by Gasteiger charge is 2.09. The molecule has 6 nitrogen and oxygen atoms in total. The quantitative estimate of drug-likeness (QED) is 0.799. The van der Waals surface area contributed by atoms with Gasteiger partial charge < -0.3 is 15.4 Å². The fourth-order valence-corrected chi connectivity index (χ4v) is 2.92. The lowest BCUT2D eigenvalue weighted by Gasteiger charge is -2.26. The molecule has 1 aromatic carbocycles. The molecule has 1 saturated heterocycles. The highest BCUT2D eigenvalue weighted by Crippen LogP contribution is 2.12. The molecule has 0 saturated carbocycles. The molecule has 1 aromatic heterocycles. The van der Waals surface area contributed by atoms with Gasteiger partial charge in [0, 0.05) is 26.2 Å². The Morgan fingerprint density at radius 2 is 2.00 bits per heavy atom. The third-order valence-electron chi connectivity index (χ3n) is 4.50. The van der Waals surface area contributed by atoms with Gasteiger partial charge in [0.25, 0.3) is 0 Å². The van der Waals surface area contributed by atoms with Crippen LogP contribution in [0.1, 0.15) is 11.1 Å². The Labute approximate surface area is 154 Å². The molecule has 1 amide bonds. The molecule has 2 N–H and O–H groups in total. The van der Waals surface area contributed by atoms with Crippen LogP contribution in [0, 0.1) is 6.92 Å². The maximum absolute atomic E-state index is 12.2. The number of ether oxygens (including phenoxy) is 1. The van der Waals surface area contributed by atoms with Gasteiger partial charge in [-0.15, -0.1) is 0 Å². The summed E-state index contributed by atoms with van der Waals surface area (Å²) in [5.41, 5.74) is 3.11. The molecule has 3 rings (SSSR count). The van der Waals surface area contributed by atoms with Gasteiger partial charge in [-0.2, -0.15) is 0 Å². The number of hydrogen-bond acceptors (Lipinski definition) is 5. The van der Waals surface area contributed by atoms with E-state index >= 15 is 0 Å². The molecule has 2 aromatic rings. The highest BCUT2D eigenvalue weighted by molar-refractivity contribution is 5.91. The number of amides is 1. The minimum absolute atomic E-state index is 0.0557. The average Bonchev–Trinajstić information content (AvgIpc) is 2.66. The van der Waals surface area contributed by atoms with Gasteiger partial charge in [0.15, 0.2) is 0 Å². The fourth-order valence-electron chi connectivity index (χ4n) is 2.92. The van der Waals surface area contributed by atoms with E-state index in [1.807, 2.05) is 43.3 Å². The third kappa shape index (κ3) is 5.54. The van der Waals surface area contributed by atoms with Crippen LogP contribution in [0.5, 0.6) is 0 Å². The molecular weight excluding hydrogens is 328 g/mol. The predicted molar refractivity (Wildman–Crippen MR) is 103 cm³/mol. The SMILES string of the molecule is Cc1ccccc1CC(=O)Nc1ccc(NCCN2CCOCC2)cn1. The Kier molecular flexibility index (Phi) is 6.57. The number of anilines is 2. The van der Waals surface area contributed by atoms with E-state index in [0.29, 0.717) is 12.2 Å². The van der Waals surface area contributed by atoms with Gasteiger partial charge in [0.2, 0.25) is 5.91 Å². The lowest BCUT2D eigenvalue weighted by atomic mass is 10.1. The van der Waals surface area contributed by atoms with Crippen LogP contribution in [0.15, 0.2) is 42.6 Å². The molecule has 0 atom stereocenters. The Balaban J connectivity index is 1.43. The summed E-state index contributed by atoms with van der Waals surface area (Å²) in [7, 11) is 0. The van der Waals surface area contributed by atoms with Crippen molar-refractivity contribution in [3.05, 3.63) is 53.7 Å².